The number of phenols is 1. The maximum absolute atomic E-state index is 14.1. The Morgan fingerprint density at radius 3 is 2.17 bits per heavy atom. The van der Waals surface area contributed by atoms with Crippen LogP contribution in [0.2, 0.25) is 0 Å². The SMILES string of the molecule is Oc1cc(Br)c(F)cc1CN1CCC[C@@H]1C(O)(c1ccccc1)c1ccccc1. The van der Waals surface area contributed by atoms with E-state index in [1.807, 2.05) is 60.7 Å². The summed E-state index contributed by atoms with van der Waals surface area (Å²) in [6, 6.07) is 21.9. The Kier molecular flexibility index (Phi) is 5.72. The van der Waals surface area contributed by atoms with Crippen LogP contribution in [0, 0.1) is 5.82 Å². The van der Waals surface area contributed by atoms with E-state index >= 15 is 0 Å². The van der Waals surface area contributed by atoms with Crippen molar-refractivity contribution in [3.05, 3.63) is 99.8 Å². The Morgan fingerprint density at radius 1 is 1.00 bits per heavy atom. The lowest BCUT2D eigenvalue weighted by atomic mass is 9.79. The molecule has 1 saturated heterocycles. The number of aliphatic hydroxyl groups is 1. The van der Waals surface area contributed by atoms with Crippen molar-refractivity contribution in [3.8, 4) is 5.75 Å². The summed E-state index contributed by atoms with van der Waals surface area (Å²) < 4.78 is 14.3. The van der Waals surface area contributed by atoms with Crippen molar-refractivity contribution in [2.45, 2.75) is 31.0 Å². The van der Waals surface area contributed by atoms with Crippen LogP contribution in [0.15, 0.2) is 77.3 Å². The topological polar surface area (TPSA) is 43.7 Å². The smallest absolute Gasteiger partial charge is 0.137 e. The van der Waals surface area contributed by atoms with Gasteiger partial charge in [-0.15, -0.1) is 0 Å². The minimum Gasteiger partial charge on any atom is -0.508 e. The molecule has 0 aliphatic carbocycles. The quantitative estimate of drug-likeness (QED) is 0.555. The van der Waals surface area contributed by atoms with Crippen molar-refractivity contribution in [1.82, 2.24) is 4.90 Å². The first-order chi connectivity index (χ1) is 14.0. The minimum atomic E-state index is -1.21. The van der Waals surface area contributed by atoms with Crippen LogP contribution in [0.3, 0.4) is 0 Å². The van der Waals surface area contributed by atoms with Crippen molar-refractivity contribution in [2.75, 3.05) is 6.54 Å². The monoisotopic (exact) mass is 455 g/mol. The molecule has 1 aliphatic heterocycles. The van der Waals surface area contributed by atoms with E-state index < -0.39 is 11.4 Å². The Bertz CT molecular complexity index is 941. The summed E-state index contributed by atoms with van der Waals surface area (Å²) in [6.07, 6.45) is 1.73. The van der Waals surface area contributed by atoms with Crippen LogP contribution < -0.4 is 0 Å². The van der Waals surface area contributed by atoms with E-state index in [2.05, 4.69) is 20.8 Å². The second kappa shape index (κ2) is 8.27. The highest BCUT2D eigenvalue weighted by Crippen LogP contribution is 2.41. The zero-order valence-electron chi connectivity index (χ0n) is 15.9. The van der Waals surface area contributed by atoms with Gasteiger partial charge in [0, 0.05) is 18.2 Å². The molecule has 0 spiro atoms. The maximum atomic E-state index is 14.1. The van der Waals surface area contributed by atoms with Crippen molar-refractivity contribution < 1.29 is 14.6 Å². The molecule has 1 fully saturated rings. The third-order valence-corrected chi connectivity index (χ3v) is 6.38. The van der Waals surface area contributed by atoms with Gasteiger partial charge in [0.05, 0.1) is 4.47 Å². The molecule has 0 saturated carbocycles. The van der Waals surface area contributed by atoms with Gasteiger partial charge in [0.2, 0.25) is 0 Å². The third kappa shape index (κ3) is 3.82. The van der Waals surface area contributed by atoms with Crippen LogP contribution in [-0.4, -0.2) is 27.7 Å². The molecule has 1 heterocycles. The lowest BCUT2D eigenvalue weighted by Crippen LogP contribution is -2.48. The molecule has 2 N–H and O–H groups in total. The lowest BCUT2D eigenvalue weighted by Gasteiger charge is -2.40. The second-order valence-electron chi connectivity index (χ2n) is 7.52. The Morgan fingerprint density at radius 2 is 1.59 bits per heavy atom. The Balaban J connectivity index is 1.74. The molecular weight excluding hydrogens is 433 g/mol. The fraction of sp³-hybridized carbons (Fsp3) is 0.250. The number of hydrogen-bond donors (Lipinski definition) is 2. The molecule has 0 radical (unpaired) electrons. The number of phenolic OH excluding ortho intramolecular Hbond substituents is 1. The summed E-state index contributed by atoms with van der Waals surface area (Å²) in [5.41, 5.74) is 0.965. The van der Waals surface area contributed by atoms with Gasteiger partial charge in [0.15, 0.2) is 0 Å². The summed E-state index contributed by atoms with van der Waals surface area (Å²) in [5, 5.41) is 22.4. The molecule has 5 heteroatoms. The third-order valence-electron chi connectivity index (χ3n) is 5.77. The molecule has 29 heavy (non-hydrogen) atoms. The first kappa shape index (κ1) is 20.1. The van der Waals surface area contributed by atoms with E-state index in [4.69, 9.17) is 0 Å². The van der Waals surface area contributed by atoms with Crippen molar-refractivity contribution in [3.63, 3.8) is 0 Å². The predicted molar refractivity (Wildman–Crippen MR) is 115 cm³/mol. The van der Waals surface area contributed by atoms with Crippen molar-refractivity contribution in [1.29, 1.82) is 0 Å². The largest absolute Gasteiger partial charge is 0.508 e. The summed E-state index contributed by atoms with van der Waals surface area (Å²) in [7, 11) is 0. The lowest BCUT2D eigenvalue weighted by molar-refractivity contribution is -0.00674. The Labute approximate surface area is 178 Å². The van der Waals surface area contributed by atoms with E-state index in [9.17, 15) is 14.6 Å². The van der Waals surface area contributed by atoms with Gasteiger partial charge in [-0.2, -0.15) is 0 Å². The van der Waals surface area contributed by atoms with Gasteiger partial charge in [-0.1, -0.05) is 60.7 Å². The van der Waals surface area contributed by atoms with Crippen LogP contribution >= 0.6 is 15.9 Å². The molecule has 4 rings (SSSR count). The predicted octanol–water partition coefficient (Wildman–Crippen LogP) is 5.19. The number of hydrogen-bond acceptors (Lipinski definition) is 3. The number of likely N-dealkylation sites (tertiary alicyclic amines) is 1. The van der Waals surface area contributed by atoms with Crippen LogP contribution in [0.5, 0.6) is 5.75 Å². The Hall–Kier alpha value is -2.21. The highest BCUT2D eigenvalue weighted by molar-refractivity contribution is 9.10. The van der Waals surface area contributed by atoms with E-state index in [-0.39, 0.29) is 16.3 Å². The molecule has 0 unspecified atom stereocenters. The molecule has 3 nitrogen and oxygen atoms in total. The fourth-order valence-corrected chi connectivity index (χ4v) is 4.68. The first-order valence-electron chi connectivity index (χ1n) is 9.74. The normalized spacial score (nSPS) is 17.6. The highest BCUT2D eigenvalue weighted by atomic mass is 79.9. The molecule has 1 aliphatic rings. The summed E-state index contributed by atoms with van der Waals surface area (Å²) in [5.74, 6) is -0.359. The average molecular weight is 456 g/mol. The number of benzene rings is 3. The summed E-state index contributed by atoms with van der Waals surface area (Å²) >= 11 is 3.11. The van der Waals surface area contributed by atoms with Crippen LogP contribution in [-0.2, 0) is 12.1 Å². The van der Waals surface area contributed by atoms with Gasteiger partial charge in [-0.25, -0.2) is 4.39 Å². The van der Waals surface area contributed by atoms with Crippen molar-refractivity contribution >= 4 is 15.9 Å². The summed E-state index contributed by atoms with van der Waals surface area (Å²) in [4.78, 5) is 2.14. The van der Waals surface area contributed by atoms with E-state index in [0.29, 0.717) is 12.1 Å². The zero-order chi connectivity index (χ0) is 20.4. The second-order valence-corrected chi connectivity index (χ2v) is 8.38. The van der Waals surface area contributed by atoms with Gasteiger partial charge >= 0.3 is 0 Å². The van der Waals surface area contributed by atoms with E-state index in [0.717, 1.165) is 30.5 Å². The fourth-order valence-electron chi connectivity index (χ4n) is 4.35. The van der Waals surface area contributed by atoms with E-state index in [1.54, 1.807) is 0 Å². The molecule has 0 bridgehead atoms. The van der Waals surface area contributed by atoms with Crippen LogP contribution in [0.4, 0.5) is 4.39 Å². The molecule has 1 atom stereocenters. The maximum Gasteiger partial charge on any atom is 0.137 e. The van der Waals surface area contributed by atoms with Crippen LogP contribution in [0.1, 0.15) is 29.5 Å². The molecule has 3 aromatic carbocycles. The molecular formula is C24H23BrFNO2. The minimum absolute atomic E-state index is 0.0480. The standard InChI is InChI=1S/C24H23BrFNO2/c25-20-15-22(28)17(14-21(20)26)16-27-13-7-12-23(27)24(29,18-8-3-1-4-9-18)19-10-5-2-6-11-19/h1-6,8-11,14-15,23,28-29H,7,12-13,16H2/t23-/m1/s1. The van der Waals surface area contributed by atoms with Gasteiger partial charge in [-0.05, 0) is 58.6 Å². The van der Waals surface area contributed by atoms with Gasteiger partial charge in [-0.3, -0.25) is 4.90 Å². The van der Waals surface area contributed by atoms with Gasteiger partial charge in [0.1, 0.15) is 17.2 Å². The van der Waals surface area contributed by atoms with Crippen molar-refractivity contribution in [2.24, 2.45) is 0 Å². The van der Waals surface area contributed by atoms with E-state index in [1.165, 1.54) is 12.1 Å². The number of halogens is 2. The number of aromatic hydroxyl groups is 1. The first-order valence-corrected chi connectivity index (χ1v) is 10.5. The molecule has 0 aromatic heterocycles. The summed E-state index contributed by atoms with van der Waals surface area (Å²) in [6.45, 7) is 1.13. The molecule has 3 aromatic rings. The number of rotatable bonds is 5. The molecule has 0 amide bonds. The van der Waals surface area contributed by atoms with Crippen LogP contribution in [0.25, 0.3) is 0 Å². The zero-order valence-corrected chi connectivity index (χ0v) is 17.5. The van der Waals surface area contributed by atoms with Gasteiger partial charge < -0.3 is 10.2 Å². The molecule has 150 valence electrons. The highest BCUT2D eigenvalue weighted by Gasteiger charge is 2.45. The van der Waals surface area contributed by atoms with Gasteiger partial charge in [0.25, 0.3) is 0 Å². The number of nitrogens with zero attached hydrogens (tertiary/aromatic N) is 1. The average Bonchev–Trinajstić information content (AvgIpc) is 3.21.